The minimum atomic E-state index is 0.0252. The van der Waals surface area contributed by atoms with Crippen molar-refractivity contribution in [1.82, 2.24) is 9.97 Å². The summed E-state index contributed by atoms with van der Waals surface area (Å²) in [5.74, 6) is 1.60. The first kappa shape index (κ1) is 16.2. The van der Waals surface area contributed by atoms with Crippen molar-refractivity contribution in [2.75, 3.05) is 18.4 Å². The van der Waals surface area contributed by atoms with Crippen LogP contribution in [0.25, 0.3) is 0 Å². The van der Waals surface area contributed by atoms with Gasteiger partial charge in [-0.25, -0.2) is 9.97 Å². The van der Waals surface area contributed by atoms with Crippen LogP contribution in [0.3, 0.4) is 0 Å². The fraction of sp³-hybridized carbons (Fsp3) is 0.765. The van der Waals surface area contributed by atoms with E-state index < -0.39 is 0 Å². The van der Waals surface area contributed by atoms with Crippen LogP contribution < -0.4 is 11.1 Å². The average Bonchev–Trinajstić information content (AvgIpc) is 2.47. The highest BCUT2D eigenvalue weighted by molar-refractivity contribution is 5.49. The lowest BCUT2D eigenvalue weighted by Gasteiger charge is -2.25. The Labute approximate surface area is 128 Å². The fourth-order valence-corrected chi connectivity index (χ4v) is 2.98. The van der Waals surface area contributed by atoms with Crippen LogP contribution in [0.5, 0.6) is 0 Å². The van der Waals surface area contributed by atoms with E-state index in [-0.39, 0.29) is 5.41 Å². The Morgan fingerprint density at radius 3 is 2.57 bits per heavy atom. The van der Waals surface area contributed by atoms with Crippen LogP contribution in [0.1, 0.15) is 76.7 Å². The van der Waals surface area contributed by atoms with Crippen molar-refractivity contribution in [2.45, 2.75) is 70.6 Å². The summed E-state index contributed by atoms with van der Waals surface area (Å²) < 4.78 is 0. The molecule has 0 aromatic carbocycles. The van der Waals surface area contributed by atoms with Crippen molar-refractivity contribution >= 4 is 5.69 Å². The van der Waals surface area contributed by atoms with Gasteiger partial charge in [0.05, 0.1) is 17.6 Å². The van der Waals surface area contributed by atoms with Gasteiger partial charge in [0.15, 0.2) is 0 Å². The third-order valence-electron chi connectivity index (χ3n) is 4.18. The van der Waals surface area contributed by atoms with Crippen molar-refractivity contribution in [1.29, 1.82) is 0 Å². The molecule has 1 aliphatic rings. The van der Waals surface area contributed by atoms with Crippen LogP contribution >= 0.6 is 0 Å². The number of hydrogen-bond acceptors (Lipinski definition) is 4. The van der Waals surface area contributed by atoms with Crippen LogP contribution in [-0.2, 0) is 5.41 Å². The number of aromatic nitrogens is 2. The summed E-state index contributed by atoms with van der Waals surface area (Å²) in [6, 6.07) is 0. The lowest BCUT2D eigenvalue weighted by atomic mass is 9.87. The maximum atomic E-state index is 5.57. The van der Waals surface area contributed by atoms with E-state index in [2.05, 4.69) is 31.1 Å². The SMILES string of the molecule is CC(C)(C)c1nc(C2CCCCC2)ncc1NCCCN. The molecule has 1 heterocycles. The number of anilines is 1. The molecular formula is C17H30N4. The molecule has 21 heavy (non-hydrogen) atoms. The molecule has 0 radical (unpaired) electrons. The zero-order chi connectivity index (χ0) is 15.3. The maximum absolute atomic E-state index is 5.57. The Kier molecular flexibility index (Phi) is 5.57. The highest BCUT2D eigenvalue weighted by Crippen LogP contribution is 2.33. The van der Waals surface area contributed by atoms with E-state index in [0.717, 1.165) is 30.2 Å². The van der Waals surface area contributed by atoms with Crippen LogP contribution in [0, 0.1) is 0 Å². The molecule has 0 unspecified atom stereocenters. The van der Waals surface area contributed by atoms with Crippen LogP contribution in [-0.4, -0.2) is 23.1 Å². The van der Waals surface area contributed by atoms with E-state index in [1.54, 1.807) is 0 Å². The van der Waals surface area contributed by atoms with Gasteiger partial charge in [-0.2, -0.15) is 0 Å². The second-order valence-electron chi connectivity index (χ2n) is 7.14. The van der Waals surface area contributed by atoms with Crippen LogP contribution in [0.15, 0.2) is 6.20 Å². The van der Waals surface area contributed by atoms with Gasteiger partial charge in [0.1, 0.15) is 5.82 Å². The summed E-state index contributed by atoms with van der Waals surface area (Å²) in [5, 5.41) is 3.45. The highest BCUT2D eigenvalue weighted by atomic mass is 15.0. The normalized spacial score (nSPS) is 17.0. The van der Waals surface area contributed by atoms with Crippen LogP contribution in [0.2, 0.25) is 0 Å². The zero-order valence-corrected chi connectivity index (χ0v) is 13.8. The lowest BCUT2D eigenvalue weighted by Crippen LogP contribution is -2.21. The molecule has 0 spiro atoms. The molecule has 2 rings (SSSR count). The van der Waals surface area contributed by atoms with Crippen molar-refractivity contribution in [2.24, 2.45) is 5.73 Å². The molecule has 118 valence electrons. The molecule has 1 saturated carbocycles. The molecule has 0 amide bonds. The third-order valence-corrected chi connectivity index (χ3v) is 4.18. The van der Waals surface area contributed by atoms with Crippen molar-refractivity contribution in [3.63, 3.8) is 0 Å². The molecule has 1 aliphatic carbocycles. The average molecular weight is 290 g/mol. The van der Waals surface area contributed by atoms with E-state index in [1.807, 2.05) is 6.20 Å². The predicted octanol–water partition coefficient (Wildman–Crippen LogP) is 3.58. The molecule has 0 bridgehead atoms. The van der Waals surface area contributed by atoms with Gasteiger partial charge in [0.2, 0.25) is 0 Å². The largest absolute Gasteiger partial charge is 0.382 e. The van der Waals surface area contributed by atoms with E-state index in [0.29, 0.717) is 12.5 Å². The van der Waals surface area contributed by atoms with Crippen molar-refractivity contribution in [3.05, 3.63) is 17.7 Å². The first-order chi connectivity index (χ1) is 10.0. The molecule has 4 heteroatoms. The van der Waals surface area contributed by atoms with Gasteiger partial charge in [-0.05, 0) is 25.8 Å². The minimum Gasteiger partial charge on any atom is -0.382 e. The lowest BCUT2D eigenvalue weighted by molar-refractivity contribution is 0.424. The summed E-state index contributed by atoms with van der Waals surface area (Å²) in [4.78, 5) is 9.59. The molecule has 0 atom stereocenters. The highest BCUT2D eigenvalue weighted by Gasteiger charge is 2.24. The monoisotopic (exact) mass is 290 g/mol. The first-order valence-electron chi connectivity index (χ1n) is 8.33. The van der Waals surface area contributed by atoms with Gasteiger partial charge < -0.3 is 11.1 Å². The first-order valence-corrected chi connectivity index (χ1v) is 8.33. The fourth-order valence-electron chi connectivity index (χ4n) is 2.98. The smallest absolute Gasteiger partial charge is 0.131 e. The van der Waals surface area contributed by atoms with E-state index in [1.165, 1.54) is 32.1 Å². The summed E-state index contributed by atoms with van der Waals surface area (Å²) in [5.41, 5.74) is 7.79. The number of nitrogens with one attached hydrogen (secondary N) is 1. The predicted molar refractivity (Wildman–Crippen MR) is 88.7 cm³/mol. The molecule has 4 nitrogen and oxygen atoms in total. The maximum Gasteiger partial charge on any atom is 0.131 e. The van der Waals surface area contributed by atoms with Crippen molar-refractivity contribution < 1.29 is 0 Å². The molecule has 3 N–H and O–H groups in total. The Balaban J connectivity index is 2.21. The molecule has 1 aromatic rings. The van der Waals surface area contributed by atoms with Gasteiger partial charge >= 0.3 is 0 Å². The number of nitrogens with zero attached hydrogens (tertiary/aromatic N) is 2. The molecule has 1 fully saturated rings. The summed E-state index contributed by atoms with van der Waals surface area (Å²) in [6.07, 6.45) is 9.42. The van der Waals surface area contributed by atoms with E-state index >= 15 is 0 Å². The molecule has 1 aromatic heterocycles. The Hall–Kier alpha value is -1.16. The summed E-state index contributed by atoms with van der Waals surface area (Å²) in [7, 11) is 0. The number of rotatable bonds is 5. The van der Waals surface area contributed by atoms with E-state index in [9.17, 15) is 0 Å². The third kappa shape index (κ3) is 4.40. The van der Waals surface area contributed by atoms with Crippen molar-refractivity contribution in [3.8, 4) is 0 Å². The van der Waals surface area contributed by atoms with Crippen LogP contribution in [0.4, 0.5) is 5.69 Å². The zero-order valence-electron chi connectivity index (χ0n) is 13.8. The van der Waals surface area contributed by atoms with Gasteiger partial charge in [-0.3, -0.25) is 0 Å². The Bertz CT molecular complexity index is 445. The van der Waals surface area contributed by atoms with Gasteiger partial charge in [0.25, 0.3) is 0 Å². The second-order valence-corrected chi connectivity index (χ2v) is 7.14. The van der Waals surface area contributed by atoms with Gasteiger partial charge in [0, 0.05) is 17.9 Å². The minimum absolute atomic E-state index is 0.0252. The molecular weight excluding hydrogens is 260 g/mol. The van der Waals surface area contributed by atoms with E-state index in [4.69, 9.17) is 10.7 Å². The Morgan fingerprint density at radius 1 is 1.24 bits per heavy atom. The molecule has 0 aliphatic heterocycles. The quantitative estimate of drug-likeness (QED) is 0.814. The topological polar surface area (TPSA) is 63.8 Å². The number of hydrogen-bond donors (Lipinski definition) is 2. The summed E-state index contributed by atoms with van der Waals surface area (Å²) in [6.45, 7) is 8.24. The molecule has 0 saturated heterocycles. The Morgan fingerprint density at radius 2 is 1.95 bits per heavy atom. The van der Waals surface area contributed by atoms with Gasteiger partial charge in [-0.1, -0.05) is 40.0 Å². The second kappa shape index (κ2) is 7.21. The van der Waals surface area contributed by atoms with Gasteiger partial charge in [-0.15, -0.1) is 0 Å². The summed E-state index contributed by atoms with van der Waals surface area (Å²) >= 11 is 0. The number of nitrogens with two attached hydrogens (primary N) is 1. The standard InChI is InChI=1S/C17H30N4/c1-17(2,3)15-14(19-11-7-10-18)12-20-16(21-15)13-8-5-4-6-9-13/h12-13,19H,4-11,18H2,1-3H3.